The van der Waals surface area contributed by atoms with Crippen molar-refractivity contribution < 1.29 is 13.9 Å². The van der Waals surface area contributed by atoms with Gasteiger partial charge in [0.25, 0.3) is 0 Å². The van der Waals surface area contributed by atoms with Gasteiger partial charge in [-0.3, -0.25) is 4.79 Å². The molecule has 29 heavy (non-hydrogen) atoms. The second-order valence-corrected chi connectivity index (χ2v) is 8.33. The van der Waals surface area contributed by atoms with Gasteiger partial charge in [0.2, 0.25) is 5.28 Å². The van der Waals surface area contributed by atoms with Crippen LogP contribution >= 0.6 is 11.6 Å². The molecule has 3 aliphatic rings. The third-order valence-corrected chi connectivity index (χ3v) is 6.40. The molecule has 5 nitrogen and oxygen atoms in total. The third-order valence-electron chi connectivity index (χ3n) is 6.23. The van der Waals surface area contributed by atoms with Crippen LogP contribution in [0.4, 0.5) is 10.2 Å². The van der Waals surface area contributed by atoms with Crippen LogP contribution in [0.25, 0.3) is 11.3 Å². The van der Waals surface area contributed by atoms with Crippen LogP contribution in [0, 0.1) is 30.5 Å². The van der Waals surface area contributed by atoms with Crippen LogP contribution in [-0.4, -0.2) is 28.6 Å². The first-order valence-electron chi connectivity index (χ1n) is 10.2. The molecule has 1 aromatic carbocycles. The summed E-state index contributed by atoms with van der Waals surface area (Å²) in [6.07, 6.45) is 4.05. The Bertz CT molecular complexity index is 898. The van der Waals surface area contributed by atoms with E-state index in [-0.39, 0.29) is 46.6 Å². The Hall–Kier alpha value is -2.21. The summed E-state index contributed by atoms with van der Waals surface area (Å²) in [5, 5.41) is 3.19. The summed E-state index contributed by atoms with van der Waals surface area (Å²) < 4.78 is 20.7. The number of carbonyl (C=O) groups excluding carboxylic acids is 1. The average Bonchev–Trinajstić information content (AvgIpc) is 2.72. The molecule has 3 aliphatic carbocycles. The Morgan fingerprint density at radius 2 is 1.83 bits per heavy atom. The Kier molecular flexibility index (Phi) is 5.72. The van der Waals surface area contributed by atoms with E-state index in [0.29, 0.717) is 12.2 Å². The van der Waals surface area contributed by atoms with Gasteiger partial charge in [0.05, 0.1) is 12.5 Å². The SMILES string of the molecule is CCOC(=O)C1C2CCC(CC2)C1Nc1nc(Cl)nc(-c2ccc(C)cc2)c1F. The van der Waals surface area contributed by atoms with Gasteiger partial charge in [-0.2, -0.15) is 4.98 Å². The summed E-state index contributed by atoms with van der Waals surface area (Å²) in [6.45, 7) is 4.11. The Morgan fingerprint density at radius 3 is 2.48 bits per heavy atom. The van der Waals surface area contributed by atoms with Crippen molar-refractivity contribution >= 4 is 23.4 Å². The van der Waals surface area contributed by atoms with Crippen molar-refractivity contribution in [3.05, 3.63) is 40.9 Å². The van der Waals surface area contributed by atoms with E-state index < -0.39 is 5.82 Å². The average molecular weight is 418 g/mol. The largest absolute Gasteiger partial charge is 0.466 e. The van der Waals surface area contributed by atoms with Crippen LogP contribution in [0.3, 0.4) is 0 Å². The molecule has 2 atom stereocenters. The van der Waals surface area contributed by atoms with Crippen LogP contribution < -0.4 is 5.32 Å². The van der Waals surface area contributed by atoms with Crippen LogP contribution in [0.1, 0.15) is 38.2 Å². The van der Waals surface area contributed by atoms with Crippen molar-refractivity contribution in [2.45, 2.75) is 45.6 Å². The van der Waals surface area contributed by atoms with Gasteiger partial charge in [-0.25, -0.2) is 9.37 Å². The lowest BCUT2D eigenvalue weighted by atomic mass is 9.61. The van der Waals surface area contributed by atoms with Crippen molar-refractivity contribution in [1.82, 2.24) is 9.97 Å². The highest BCUT2D eigenvalue weighted by Crippen LogP contribution is 2.47. The quantitative estimate of drug-likeness (QED) is 0.546. The molecule has 3 saturated carbocycles. The van der Waals surface area contributed by atoms with E-state index in [1.807, 2.05) is 31.2 Å². The van der Waals surface area contributed by atoms with Crippen molar-refractivity contribution in [3.8, 4) is 11.3 Å². The molecule has 1 heterocycles. The number of aromatic nitrogens is 2. The maximum absolute atomic E-state index is 15.3. The maximum atomic E-state index is 15.3. The lowest BCUT2D eigenvalue weighted by Gasteiger charge is -2.47. The molecule has 0 aliphatic heterocycles. The maximum Gasteiger partial charge on any atom is 0.311 e. The highest BCUT2D eigenvalue weighted by molar-refractivity contribution is 6.28. The zero-order valence-corrected chi connectivity index (χ0v) is 17.4. The zero-order valence-electron chi connectivity index (χ0n) is 16.6. The van der Waals surface area contributed by atoms with Gasteiger partial charge in [-0.05, 0) is 63.0 Å². The summed E-state index contributed by atoms with van der Waals surface area (Å²) in [4.78, 5) is 20.9. The number of nitrogens with one attached hydrogen (secondary N) is 1. The number of anilines is 1. The van der Waals surface area contributed by atoms with E-state index in [2.05, 4.69) is 15.3 Å². The number of nitrogens with zero attached hydrogens (tertiary/aromatic N) is 2. The molecule has 1 aromatic heterocycles. The molecule has 3 fully saturated rings. The predicted octanol–water partition coefficient (Wildman–Crippen LogP) is 5.02. The van der Waals surface area contributed by atoms with Crippen molar-refractivity contribution in [3.63, 3.8) is 0 Å². The molecule has 7 heteroatoms. The standard InChI is InChI=1S/C22H25ClFN3O2/c1-3-29-21(28)16-13-8-10-14(11-9-13)18(16)25-20-17(24)19(26-22(23)27-20)15-6-4-12(2)5-7-15/h4-7,13-14,16,18H,3,8-11H2,1-2H3,(H,25,26,27). The zero-order chi connectivity index (χ0) is 20.5. The minimum Gasteiger partial charge on any atom is -0.466 e. The van der Waals surface area contributed by atoms with E-state index >= 15 is 4.39 Å². The number of ether oxygens (including phenoxy) is 1. The van der Waals surface area contributed by atoms with Crippen molar-refractivity contribution in [2.75, 3.05) is 11.9 Å². The summed E-state index contributed by atoms with van der Waals surface area (Å²) in [5.41, 5.74) is 1.86. The fourth-order valence-corrected chi connectivity index (χ4v) is 4.98. The molecule has 0 radical (unpaired) electrons. The number of halogens is 2. The minimum absolute atomic E-state index is 0.0295. The summed E-state index contributed by atoms with van der Waals surface area (Å²) in [7, 11) is 0. The second kappa shape index (κ2) is 8.27. The third kappa shape index (κ3) is 3.95. The first kappa shape index (κ1) is 20.1. The van der Waals surface area contributed by atoms with Crippen LogP contribution in [0.2, 0.25) is 5.28 Å². The normalized spacial score (nSPS) is 25.7. The molecule has 5 rings (SSSR count). The van der Waals surface area contributed by atoms with Crippen molar-refractivity contribution in [1.29, 1.82) is 0 Å². The number of esters is 1. The Labute approximate surface area is 175 Å². The number of hydrogen-bond donors (Lipinski definition) is 1. The monoisotopic (exact) mass is 417 g/mol. The number of carbonyl (C=O) groups is 1. The fourth-order valence-electron chi connectivity index (χ4n) is 4.81. The Balaban J connectivity index is 1.67. The van der Waals surface area contributed by atoms with Crippen LogP contribution in [0.5, 0.6) is 0 Å². The van der Waals surface area contributed by atoms with Gasteiger partial charge in [0.15, 0.2) is 11.6 Å². The van der Waals surface area contributed by atoms with E-state index in [1.165, 1.54) is 0 Å². The van der Waals surface area contributed by atoms with Gasteiger partial charge in [0.1, 0.15) is 5.69 Å². The number of hydrogen-bond acceptors (Lipinski definition) is 5. The molecule has 1 N–H and O–H groups in total. The lowest BCUT2D eigenvalue weighted by Crippen LogP contribution is -2.52. The minimum atomic E-state index is -0.553. The molecule has 2 aromatic rings. The van der Waals surface area contributed by atoms with Crippen LogP contribution in [0.15, 0.2) is 24.3 Å². The molecule has 0 spiro atoms. The topological polar surface area (TPSA) is 64.1 Å². The smallest absolute Gasteiger partial charge is 0.311 e. The summed E-state index contributed by atoms with van der Waals surface area (Å²) >= 11 is 6.13. The van der Waals surface area contributed by atoms with Crippen LogP contribution in [-0.2, 0) is 9.53 Å². The molecule has 0 amide bonds. The highest BCUT2D eigenvalue weighted by Gasteiger charge is 2.48. The summed E-state index contributed by atoms with van der Waals surface area (Å²) in [5.74, 6) is -0.467. The van der Waals surface area contributed by atoms with Crippen molar-refractivity contribution in [2.24, 2.45) is 17.8 Å². The number of benzene rings is 1. The predicted molar refractivity (Wildman–Crippen MR) is 110 cm³/mol. The molecular weight excluding hydrogens is 393 g/mol. The molecule has 2 bridgehead atoms. The first-order valence-corrected chi connectivity index (χ1v) is 10.6. The van der Waals surface area contributed by atoms with Gasteiger partial charge < -0.3 is 10.1 Å². The lowest BCUT2D eigenvalue weighted by molar-refractivity contribution is -0.154. The number of aryl methyl sites for hydroxylation is 1. The summed E-state index contributed by atoms with van der Waals surface area (Å²) in [6, 6.07) is 7.20. The van der Waals surface area contributed by atoms with Gasteiger partial charge in [0, 0.05) is 11.6 Å². The molecule has 2 unspecified atom stereocenters. The number of rotatable bonds is 5. The highest BCUT2D eigenvalue weighted by atomic mass is 35.5. The Morgan fingerprint density at radius 1 is 1.17 bits per heavy atom. The molecule has 0 saturated heterocycles. The van der Waals surface area contributed by atoms with E-state index in [0.717, 1.165) is 31.2 Å². The van der Waals surface area contributed by atoms with E-state index in [4.69, 9.17) is 16.3 Å². The first-order chi connectivity index (χ1) is 14.0. The van der Waals surface area contributed by atoms with Gasteiger partial charge in [-0.1, -0.05) is 29.8 Å². The fraction of sp³-hybridized carbons (Fsp3) is 0.500. The molecule has 154 valence electrons. The number of fused-ring (bicyclic) bond motifs is 3. The van der Waals surface area contributed by atoms with Gasteiger partial charge in [-0.15, -0.1) is 0 Å². The second-order valence-electron chi connectivity index (χ2n) is 7.99. The van der Waals surface area contributed by atoms with Gasteiger partial charge >= 0.3 is 5.97 Å². The molecular formula is C22H25ClFN3O2. The van der Waals surface area contributed by atoms with E-state index in [1.54, 1.807) is 6.92 Å². The van der Waals surface area contributed by atoms with E-state index in [9.17, 15) is 4.79 Å².